The minimum atomic E-state index is -4.33. The lowest BCUT2D eigenvalue weighted by Crippen LogP contribution is -2.11. The molecule has 2 aromatic rings. The van der Waals surface area contributed by atoms with Crippen molar-refractivity contribution in [3.05, 3.63) is 95.6 Å². The van der Waals surface area contributed by atoms with Crippen LogP contribution in [0, 0.1) is 0 Å². The number of halogens is 3. The summed E-state index contributed by atoms with van der Waals surface area (Å²) < 4.78 is 49.5. The lowest BCUT2D eigenvalue weighted by Gasteiger charge is -2.16. The van der Waals surface area contributed by atoms with Gasteiger partial charge in [-0.15, -0.1) is 0 Å². The number of rotatable bonds is 8. The second-order valence-corrected chi connectivity index (χ2v) is 7.37. The number of allylic oxidation sites excluding steroid dienone is 6. The molecule has 7 heteroatoms. The van der Waals surface area contributed by atoms with Crippen molar-refractivity contribution < 1.29 is 32.5 Å². The zero-order valence-corrected chi connectivity index (χ0v) is 18.3. The van der Waals surface area contributed by atoms with Gasteiger partial charge in [0, 0.05) is 0 Å². The molecule has 0 aromatic heterocycles. The van der Waals surface area contributed by atoms with Crippen LogP contribution in [0.15, 0.2) is 84.5 Å². The highest BCUT2D eigenvalue weighted by molar-refractivity contribution is 5.33. The van der Waals surface area contributed by atoms with Crippen molar-refractivity contribution in [1.29, 1.82) is 0 Å². The summed E-state index contributed by atoms with van der Waals surface area (Å²) in [6.07, 6.45) is 9.13. The van der Waals surface area contributed by atoms with Crippen LogP contribution in [0.5, 0.6) is 11.5 Å². The number of ether oxygens (including phenoxy) is 2. The summed E-state index contributed by atoms with van der Waals surface area (Å²) in [6, 6.07) is 12.3. The first-order valence-electron chi connectivity index (χ1n) is 10.5. The summed E-state index contributed by atoms with van der Waals surface area (Å²) >= 11 is 0. The Balaban J connectivity index is 0.00000122. The Bertz CT molecular complexity index is 943. The average molecular weight is 460 g/mol. The molecule has 0 fully saturated rings. The Morgan fingerprint density at radius 2 is 1.64 bits per heavy atom. The summed E-state index contributed by atoms with van der Waals surface area (Å²) in [5.74, 6) is 1.40. The number of alkyl halides is 3. The standard InChI is InChI=1S/C25H25F3O2.CH2O2/c1-19(8-9-20-6-4-2-3-5-7-20)30-24-16-14-23(15-17-24)29-18-21-10-12-22(13-11-21)25(26,27)28;2-1-3/h2-6,10-17,19H,7-9,18H2,1H3;1H,(H,2,3). The van der Waals surface area contributed by atoms with E-state index in [0.29, 0.717) is 11.3 Å². The SMILES string of the molecule is CC(CCC1=CC=CC=CC1)Oc1ccc(OCc2ccc(C(F)(F)F)cc2)cc1.O=CO. The molecule has 1 unspecified atom stereocenters. The Kier molecular flexibility index (Phi) is 10.3. The molecule has 1 aliphatic rings. The first kappa shape index (κ1) is 25.8. The maximum Gasteiger partial charge on any atom is 0.416 e. The molecular weight excluding hydrogens is 433 g/mol. The molecule has 0 aliphatic heterocycles. The van der Waals surface area contributed by atoms with Gasteiger partial charge in [0.1, 0.15) is 18.1 Å². The molecule has 33 heavy (non-hydrogen) atoms. The molecule has 0 saturated carbocycles. The molecule has 1 aliphatic carbocycles. The van der Waals surface area contributed by atoms with E-state index in [9.17, 15) is 13.2 Å². The summed E-state index contributed by atoms with van der Waals surface area (Å²) in [5, 5.41) is 6.89. The topological polar surface area (TPSA) is 55.8 Å². The third-order valence-corrected chi connectivity index (χ3v) is 4.79. The van der Waals surface area contributed by atoms with Crippen LogP contribution in [-0.2, 0) is 17.6 Å². The van der Waals surface area contributed by atoms with Crippen LogP contribution in [0.4, 0.5) is 13.2 Å². The fourth-order valence-electron chi connectivity index (χ4n) is 3.06. The molecule has 0 bridgehead atoms. The minimum Gasteiger partial charge on any atom is -0.491 e. The van der Waals surface area contributed by atoms with E-state index >= 15 is 0 Å². The third-order valence-electron chi connectivity index (χ3n) is 4.79. The molecule has 1 N–H and O–H groups in total. The van der Waals surface area contributed by atoms with Gasteiger partial charge in [0.2, 0.25) is 0 Å². The van der Waals surface area contributed by atoms with Gasteiger partial charge in [-0.05, 0) is 68.1 Å². The monoisotopic (exact) mass is 460 g/mol. The summed E-state index contributed by atoms with van der Waals surface area (Å²) in [5.41, 5.74) is 1.40. The molecule has 0 saturated heterocycles. The zero-order valence-electron chi connectivity index (χ0n) is 18.3. The second kappa shape index (κ2) is 13.2. The summed E-state index contributed by atoms with van der Waals surface area (Å²) in [4.78, 5) is 8.36. The number of carboxylic acid groups (broad SMARTS) is 1. The van der Waals surface area contributed by atoms with Crippen LogP contribution in [0.2, 0.25) is 0 Å². The predicted octanol–water partition coefficient (Wildman–Crippen LogP) is 6.98. The minimum absolute atomic E-state index is 0.0843. The van der Waals surface area contributed by atoms with E-state index in [1.807, 2.05) is 18.2 Å². The fourth-order valence-corrected chi connectivity index (χ4v) is 3.06. The van der Waals surface area contributed by atoms with Crippen molar-refractivity contribution >= 4 is 6.47 Å². The largest absolute Gasteiger partial charge is 0.491 e. The van der Waals surface area contributed by atoms with Crippen LogP contribution < -0.4 is 9.47 Å². The van der Waals surface area contributed by atoms with Gasteiger partial charge in [0.25, 0.3) is 6.47 Å². The summed E-state index contributed by atoms with van der Waals surface area (Å²) in [6.45, 7) is 2.00. The molecule has 0 heterocycles. The average Bonchev–Trinajstić information content (AvgIpc) is 3.06. The van der Waals surface area contributed by atoms with E-state index < -0.39 is 11.7 Å². The van der Waals surface area contributed by atoms with Crippen LogP contribution >= 0.6 is 0 Å². The highest BCUT2D eigenvalue weighted by Crippen LogP contribution is 2.29. The Morgan fingerprint density at radius 3 is 2.27 bits per heavy atom. The molecule has 0 spiro atoms. The van der Waals surface area contributed by atoms with Gasteiger partial charge in [0.05, 0.1) is 11.7 Å². The van der Waals surface area contributed by atoms with Crippen molar-refractivity contribution in [3.63, 3.8) is 0 Å². The number of hydrogen-bond acceptors (Lipinski definition) is 3. The molecule has 2 aromatic carbocycles. The van der Waals surface area contributed by atoms with E-state index in [-0.39, 0.29) is 19.2 Å². The fraction of sp³-hybridized carbons (Fsp3) is 0.269. The van der Waals surface area contributed by atoms with E-state index in [1.165, 1.54) is 17.7 Å². The molecular formula is C26H27F3O4. The van der Waals surface area contributed by atoms with E-state index in [2.05, 4.69) is 31.2 Å². The lowest BCUT2D eigenvalue weighted by molar-refractivity contribution is -0.137. The van der Waals surface area contributed by atoms with E-state index in [0.717, 1.165) is 37.1 Å². The van der Waals surface area contributed by atoms with Crippen molar-refractivity contribution in [3.8, 4) is 11.5 Å². The van der Waals surface area contributed by atoms with E-state index in [1.54, 1.807) is 12.1 Å². The second-order valence-electron chi connectivity index (χ2n) is 7.37. The first-order valence-corrected chi connectivity index (χ1v) is 10.5. The summed E-state index contributed by atoms with van der Waals surface area (Å²) in [7, 11) is 0. The number of hydrogen-bond donors (Lipinski definition) is 1. The quantitative estimate of drug-likeness (QED) is 0.432. The molecule has 0 radical (unpaired) electrons. The highest BCUT2D eigenvalue weighted by Gasteiger charge is 2.29. The van der Waals surface area contributed by atoms with Gasteiger partial charge in [-0.1, -0.05) is 48.1 Å². The molecule has 0 amide bonds. The molecule has 4 nitrogen and oxygen atoms in total. The molecule has 176 valence electrons. The van der Waals surface area contributed by atoms with Crippen LogP contribution in [0.1, 0.15) is 37.3 Å². The predicted molar refractivity (Wildman–Crippen MR) is 121 cm³/mol. The first-order chi connectivity index (χ1) is 15.8. The Morgan fingerprint density at radius 1 is 1.00 bits per heavy atom. The van der Waals surface area contributed by atoms with Gasteiger partial charge in [-0.25, -0.2) is 0 Å². The molecule has 3 rings (SSSR count). The van der Waals surface area contributed by atoms with Crippen LogP contribution in [0.3, 0.4) is 0 Å². The maximum atomic E-state index is 12.6. The Hall–Kier alpha value is -3.48. The molecule has 1 atom stereocenters. The van der Waals surface area contributed by atoms with Gasteiger partial charge in [-0.3, -0.25) is 4.79 Å². The maximum absolute atomic E-state index is 12.6. The van der Waals surface area contributed by atoms with Gasteiger partial charge in [0.15, 0.2) is 0 Å². The smallest absolute Gasteiger partial charge is 0.416 e. The highest BCUT2D eigenvalue weighted by atomic mass is 19.4. The van der Waals surface area contributed by atoms with Crippen LogP contribution in [0.25, 0.3) is 0 Å². The van der Waals surface area contributed by atoms with Gasteiger partial charge >= 0.3 is 6.18 Å². The normalized spacial score (nSPS) is 13.8. The van der Waals surface area contributed by atoms with Crippen molar-refractivity contribution in [1.82, 2.24) is 0 Å². The lowest BCUT2D eigenvalue weighted by atomic mass is 10.0. The van der Waals surface area contributed by atoms with Crippen molar-refractivity contribution in [2.75, 3.05) is 0 Å². The van der Waals surface area contributed by atoms with Crippen molar-refractivity contribution in [2.45, 2.75) is 45.1 Å². The Labute approximate surface area is 191 Å². The number of carbonyl (C=O) groups is 1. The van der Waals surface area contributed by atoms with Gasteiger partial charge < -0.3 is 14.6 Å². The third kappa shape index (κ3) is 9.68. The van der Waals surface area contributed by atoms with Crippen LogP contribution in [-0.4, -0.2) is 17.7 Å². The van der Waals surface area contributed by atoms with Crippen molar-refractivity contribution in [2.24, 2.45) is 0 Å². The van der Waals surface area contributed by atoms with Gasteiger partial charge in [-0.2, -0.15) is 13.2 Å². The number of benzene rings is 2. The zero-order chi connectivity index (χ0) is 24.1. The van der Waals surface area contributed by atoms with E-state index in [4.69, 9.17) is 19.4 Å².